The Morgan fingerprint density at radius 2 is 1.84 bits per heavy atom. The number of hydrogen-bond donors (Lipinski definition) is 1. The summed E-state index contributed by atoms with van der Waals surface area (Å²) in [6, 6.07) is 17.5. The lowest BCUT2D eigenvalue weighted by molar-refractivity contribution is -0.143. The molecule has 128 valence electrons. The molecule has 0 aliphatic heterocycles. The molecule has 2 aromatic carbocycles. The number of nitrogens with zero attached hydrogens (tertiary/aromatic N) is 2. The number of rotatable bonds is 6. The van der Waals surface area contributed by atoms with Crippen LogP contribution in [0.4, 0.5) is 5.69 Å². The molecule has 1 aromatic heterocycles. The number of aromatic nitrogens is 2. The second-order valence-electron chi connectivity index (χ2n) is 5.68. The predicted molar refractivity (Wildman–Crippen MR) is 98.4 cm³/mol. The molecule has 2 N–H and O–H groups in total. The van der Waals surface area contributed by atoms with Crippen LogP contribution in [0.5, 0.6) is 0 Å². The van der Waals surface area contributed by atoms with Gasteiger partial charge in [-0.2, -0.15) is 5.10 Å². The smallest absolute Gasteiger partial charge is 0.306 e. The highest BCUT2D eigenvalue weighted by atomic mass is 16.5. The number of aryl methyl sites for hydroxylation is 1. The molecule has 1 heterocycles. The van der Waals surface area contributed by atoms with E-state index in [1.165, 1.54) is 0 Å². The number of ether oxygens (including phenoxy) is 1. The molecule has 0 spiro atoms. The Kier molecular flexibility index (Phi) is 5.14. The fourth-order valence-electron chi connectivity index (χ4n) is 2.71. The van der Waals surface area contributed by atoms with E-state index in [0.717, 1.165) is 22.5 Å². The minimum absolute atomic E-state index is 0.207. The topological polar surface area (TPSA) is 70.1 Å². The summed E-state index contributed by atoms with van der Waals surface area (Å²) in [5.41, 5.74) is 10.4. The van der Waals surface area contributed by atoms with Crippen molar-refractivity contribution < 1.29 is 9.53 Å². The van der Waals surface area contributed by atoms with Gasteiger partial charge in [0.15, 0.2) is 0 Å². The first kappa shape index (κ1) is 16.8. The Morgan fingerprint density at radius 3 is 2.56 bits per heavy atom. The highest BCUT2D eigenvalue weighted by Gasteiger charge is 2.15. The number of esters is 1. The van der Waals surface area contributed by atoms with Crippen molar-refractivity contribution in [2.45, 2.75) is 19.8 Å². The van der Waals surface area contributed by atoms with Crippen molar-refractivity contribution in [3.05, 3.63) is 66.4 Å². The largest absolute Gasteiger partial charge is 0.466 e. The summed E-state index contributed by atoms with van der Waals surface area (Å²) < 4.78 is 6.86. The second-order valence-corrected chi connectivity index (χ2v) is 5.68. The highest BCUT2D eigenvalue weighted by molar-refractivity contribution is 5.76. The first-order chi connectivity index (χ1) is 12.2. The third-order valence-electron chi connectivity index (χ3n) is 3.93. The molecule has 0 fully saturated rings. The summed E-state index contributed by atoms with van der Waals surface area (Å²) in [6.07, 6.45) is 2.82. The average molecular weight is 335 g/mol. The van der Waals surface area contributed by atoms with Gasteiger partial charge in [0.1, 0.15) is 0 Å². The van der Waals surface area contributed by atoms with E-state index in [1.807, 2.05) is 65.5 Å². The van der Waals surface area contributed by atoms with Crippen LogP contribution in [-0.2, 0) is 16.0 Å². The number of carbonyl (C=O) groups excluding carboxylic acids is 1. The van der Waals surface area contributed by atoms with E-state index in [0.29, 0.717) is 25.1 Å². The Bertz CT molecular complexity index is 856. The maximum Gasteiger partial charge on any atom is 0.306 e. The predicted octanol–water partition coefficient (Wildman–Crippen LogP) is 3.62. The molecular formula is C20H21N3O2. The SMILES string of the molecule is CCOC(=O)CCc1cn(-c2ccccc2)nc1-c1ccccc1N. The van der Waals surface area contributed by atoms with Gasteiger partial charge in [-0.1, -0.05) is 36.4 Å². The second kappa shape index (κ2) is 7.66. The number of para-hydroxylation sites is 2. The van der Waals surface area contributed by atoms with Crippen LogP contribution in [0.15, 0.2) is 60.8 Å². The number of hydrogen-bond acceptors (Lipinski definition) is 4. The zero-order valence-electron chi connectivity index (χ0n) is 14.2. The van der Waals surface area contributed by atoms with Gasteiger partial charge in [-0.3, -0.25) is 4.79 Å². The molecule has 0 saturated heterocycles. The number of benzene rings is 2. The number of carbonyl (C=O) groups is 1. The first-order valence-corrected chi connectivity index (χ1v) is 8.33. The molecule has 0 saturated carbocycles. The third-order valence-corrected chi connectivity index (χ3v) is 3.93. The van der Waals surface area contributed by atoms with Crippen LogP contribution in [0.1, 0.15) is 18.9 Å². The van der Waals surface area contributed by atoms with Crippen LogP contribution in [0.2, 0.25) is 0 Å². The van der Waals surface area contributed by atoms with Gasteiger partial charge in [0.05, 0.1) is 18.0 Å². The molecule has 3 rings (SSSR count). The molecule has 0 amide bonds. The monoisotopic (exact) mass is 335 g/mol. The normalized spacial score (nSPS) is 10.6. The molecule has 0 aliphatic rings. The van der Waals surface area contributed by atoms with Crippen molar-refractivity contribution in [2.75, 3.05) is 12.3 Å². The van der Waals surface area contributed by atoms with Crippen molar-refractivity contribution in [2.24, 2.45) is 0 Å². The molecule has 0 aliphatic carbocycles. The number of nitrogen functional groups attached to an aromatic ring is 1. The van der Waals surface area contributed by atoms with Gasteiger partial charge in [-0.05, 0) is 37.1 Å². The minimum atomic E-state index is -0.207. The molecule has 5 heteroatoms. The van der Waals surface area contributed by atoms with Crippen LogP contribution in [-0.4, -0.2) is 22.4 Å². The van der Waals surface area contributed by atoms with Crippen LogP contribution in [0, 0.1) is 0 Å². The van der Waals surface area contributed by atoms with Crippen molar-refractivity contribution >= 4 is 11.7 Å². The lowest BCUT2D eigenvalue weighted by atomic mass is 10.0. The molecule has 0 bridgehead atoms. The Morgan fingerprint density at radius 1 is 1.12 bits per heavy atom. The maximum absolute atomic E-state index is 11.7. The fourth-order valence-corrected chi connectivity index (χ4v) is 2.71. The van der Waals surface area contributed by atoms with Crippen LogP contribution in [0.25, 0.3) is 16.9 Å². The fraction of sp³-hybridized carbons (Fsp3) is 0.200. The van der Waals surface area contributed by atoms with Crippen molar-refractivity contribution in [1.29, 1.82) is 0 Å². The number of anilines is 1. The van der Waals surface area contributed by atoms with Crippen molar-refractivity contribution in [3.63, 3.8) is 0 Å². The van der Waals surface area contributed by atoms with Gasteiger partial charge in [-0.25, -0.2) is 4.68 Å². The third kappa shape index (κ3) is 3.88. The van der Waals surface area contributed by atoms with E-state index in [-0.39, 0.29) is 5.97 Å². The van der Waals surface area contributed by atoms with Crippen LogP contribution in [0.3, 0.4) is 0 Å². The summed E-state index contributed by atoms with van der Waals surface area (Å²) >= 11 is 0. The molecule has 0 atom stereocenters. The quantitative estimate of drug-likeness (QED) is 0.552. The van der Waals surface area contributed by atoms with Gasteiger partial charge in [0.2, 0.25) is 0 Å². The lowest BCUT2D eigenvalue weighted by Crippen LogP contribution is -2.05. The maximum atomic E-state index is 11.7. The highest BCUT2D eigenvalue weighted by Crippen LogP contribution is 2.29. The number of nitrogens with two attached hydrogens (primary N) is 1. The van der Waals surface area contributed by atoms with Crippen LogP contribution < -0.4 is 5.73 Å². The summed E-state index contributed by atoms with van der Waals surface area (Å²) in [5, 5.41) is 4.72. The van der Waals surface area contributed by atoms with Gasteiger partial charge in [0.25, 0.3) is 0 Å². The zero-order valence-corrected chi connectivity index (χ0v) is 14.2. The minimum Gasteiger partial charge on any atom is -0.466 e. The zero-order chi connectivity index (χ0) is 17.6. The van der Waals surface area contributed by atoms with Gasteiger partial charge >= 0.3 is 5.97 Å². The molecular weight excluding hydrogens is 314 g/mol. The molecule has 0 radical (unpaired) electrons. The summed E-state index contributed by atoms with van der Waals surface area (Å²) in [7, 11) is 0. The summed E-state index contributed by atoms with van der Waals surface area (Å²) in [5.74, 6) is -0.207. The van der Waals surface area contributed by atoms with Crippen LogP contribution >= 0.6 is 0 Å². The van der Waals surface area contributed by atoms with Gasteiger partial charge < -0.3 is 10.5 Å². The van der Waals surface area contributed by atoms with Gasteiger partial charge in [0, 0.05) is 23.9 Å². The summed E-state index contributed by atoms with van der Waals surface area (Å²) in [6.45, 7) is 2.20. The average Bonchev–Trinajstić information content (AvgIpc) is 3.05. The first-order valence-electron chi connectivity index (χ1n) is 8.33. The van der Waals surface area contributed by atoms with E-state index in [4.69, 9.17) is 15.6 Å². The lowest BCUT2D eigenvalue weighted by Gasteiger charge is -2.05. The Hall–Kier alpha value is -3.08. The standard InChI is InChI=1S/C20H21N3O2/c1-2-25-19(24)13-12-15-14-23(16-8-4-3-5-9-16)22-20(15)17-10-6-7-11-18(17)21/h3-11,14H,2,12-13,21H2,1H3. The van der Waals surface area contributed by atoms with E-state index < -0.39 is 0 Å². The molecule has 3 aromatic rings. The Labute approximate surface area is 147 Å². The van der Waals surface area contributed by atoms with E-state index in [1.54, 1.807) is 6.92 Å². The van der Waals surface area contributed by atoms with E-state index >= 15 is 0 Å². The molecule has 25 heavy (non-hydrogen) atoms. The van der Waals surface area contributed by atoms with Crippen molar-refractivity contribution in [3.8, 4) is 16.9 Å². The molecule has 0 unspecified atom stereocenters. The Balaban J connectivity index is 1.98. The van der Waals surface area contributed by atoms with E-state index in [9.17, 15) is 4.79 Å². The van der Waals surface area contributed by atoms with Crippen molar-refractivity contribution in [1.82, 2.24) is 9.78 Å². The summed E-state index contributed by atoms with van der Waals surface area (Å²) in [4.78, 5) is 11.7. The van der Waals surface area contributed by atoms with E-state index in [2.05, 4.69) is 0 Å². The molecule has 5 nitrogen and oxygen atoms in total. The van der Waals surface area contributed by atoms with Gasteiger partial charge in [-0.15, -0.1) is 0 Å².